The fraction of sp³-hybridized carbons (Fsp3) is 0.647. The molecule has 3 heteroatoms. The van der Waals surface area contributed by atoms with Crippen LogP contribution >= 0.6 is 11.6 Å². The van der Waals surface area contributed by atoms with Gasteiger partial charge in [0, 0.05) is 23.0 Å². The zero-order valence-electron chi connectivity index (χ0n) is 12.3. The highest BCUT2D eigenvalue weighted by molar-refractivity contribution is 6.30. The summed E-state index contributed by atoms with van der Waals surface area (Å²) in [5, 5.41) is 4.32. The summed E-state index contributed by atoms with van der Waals surface area (Å²) in [6, 6.07) is 4.51. The van der Waals surface area contributed by atoms with Crippen LogP contribution in [-0.2, 0) is 6.42 Å². The van der Waals surface area contributed by atoms with Crippen LogP contribution in [0.3, 0.4) is 0 Å². The zero-order valence-corrected chi connectivity index (χ0v) is 13.0. The Balaban J connectivity index is 1.81. The number of hydrogen-bond acceptors (Lipinski definition) is 2. The minimum absolute atomic E-state index is 0.364. The van der Waals surface area contributed by atoms with Gasteiger partial charge >= 0.3 is 0 Å². The second kappa shape index (κ2) is 6.36. The summed E-state index contributed by atoms with van der Waals surface area (Å²) in [7, 11) is 2.05. The van der Waals surface area contributed by atoms with E-state index in [9.17, 15) is 0 Å². The summed E-state index contributed by atoms with van der Waals surface area (Å²) in [4.78, 5) is 0. The van der Waals surface area contributed by atoms with Gasteiger partial charge in [-0.2, -0.15) is 0 Å². The van der Waals surface area contributed by atoms with E-state index in [-0.39, 0.29) is 0 Å². The molecule has 2 aliphatic rings. The van der Waals surface area contributed by atoms with Crippen molar-refractivity contribution in [1.82, 2.24) is 5.32 Å². The average Bonchev–Trinajstić information content (AvgIpc) is 2.93. The molecule has 1 aliphatic carbocycles. The quantitative estimate of drug-likeness (QED) is 0.882. The molecule has 1 unspecified atom stereocenters. The van der Waals surface area contributed by atoms with Crippen molar-refractivity contribution in [3.63, 3.8) is 0 Å². The number of fused-ring (bicyclic) bond motifs is 1. The topological polar surface area (TPSA) is 21.3 Å². The van der Waals surface area contributed by atoms with Gasteiger partial charge in [-0.25, -0.2) is 0 Å². The summed E-state index contributed by atoms with van der Waals surface area (Å²) in [6.45, 7) is 0.794. The molecule has 1 heterocycles. The highest BCUT2D eigenvalue weighted by atomic mass is 35.5. The monoisotopic (exact) mass is 293 g/mol. The van der Waals surface area contributed by atoms with Gasteiger partial charge < -0.3 is 10.1 Å². The van der Waals surface area contributed by atoms with Crippen LogP contribution in [0.5, 0.6) is 5.75 Å². The molecule has 0 aromatic heterocycles. The molecule has 110 valence electrons. The zero-order chi connectivity index (χ0) is 13.9. The van der Waals surface area contributed by atoms with Crippen molar-refractivity contribution in [2.75, 3.05) is 13.7 Å². The van der Waals surface area contributed by atoms with Crippen molar-refractivity contribution in [2.24, 2.45) is 5.92 Å². The Hall–Kier alpha value is -0.730. The molecule has 20 heavy (non-hydrogen) atoms. The number of benzene rings is 1. The Morgan fingerprint density at radius 3 is 2.85 bits per heavy atom. The predicted octanol–water partition coefficient (Wildman–Crippen LogP) is 4.51. The van der Waals surface area contributed by atoms with E-state index in [1.165, 1.54) is 49.7 Å². The van der Waals surface area contributed by atoms with E-state index in [4.69, 9.17) is 16.3 Å². The van der Waals surface area contributed by atoms with Crippen LogP contribution in [0, 0.1) is 5.92 Å². The molecule has 1 aromatic carbocycles. The Morgan fingerprint density at radius 2 is 2.10 bits per heavy atom. The summed E-state index contributed by atoms with van der Waals surface area (Å²) >= 11 is 6.29. The fourth-order valence-electron chi connectivity index (χ4n) is 3.71. The Labute approximate surface area is 126 Å². The first-order chi connectivity index (χ1) is 9.78. The molecule has 0 spiro atoms. The maximum Gasteiger partial charge on any atom is 0.127 e. The van der Waals surface area contributed by atoms with Crippen LogP contribution in [0.25, 0.3) is 0 Å². The molecule has 2 nitrogen and oxygen atoms in total. The Morgan fingerprint density at radius 1 is 1.30 bits per heavy atom. The molecule has 0 bridgehead atoms. The van der Waals surface area contributed by atoms with Gasteiger partial charge in [0.2, 0.25) is 0 Å². The van der Waals surface area contributed by atoms with Gasteiger partial charge in [-0.05, 0) is 37.1 Å². The largest absolute Gasteiger partial charge is 0.493 e. The Bertz CT molecular complexity index is 468. The molecule has 1 saturated carbocycles. The molecule has 0 saturated heterocycles. The first kappa shape index (κ1) is 14.2. The second-order valence-electron chi connectivity index (χ2n) is 6.16. The molecule has 1 aliphatic heterocycles. The van der Waals surface area contributed by atoms with E-state index < -0.39 is 0 Å². The lowest BCUT2D eigenvalue weighted by atomic mass is 9.83. The molecule has 1 aromatic rings. The van der Waals surface area contributed by atoms with Crippen molar-refractivity contribution in [3.05, 3.63) is 28.3 Å². The number of hydrogen-bond donors (Lipinski definition) is 1. The minimum atomic E-state index is 0.364. The molecular weight excluding hydrogens is 270 g/mol. The number of rotatable bonds is 4. The lowest BCUT2D eigenvalue weighted by Gasteiger charge is -2.27. The lowest BCUT2D eigenvalue weighted by molar-refractivity contribution is 0.298. The highest BCUT2D eigenvalue weighted by Crippen LogP contribution is 2.40. The number of ether oxygens (including phenoxy) is 1. The third kappa shape index (κ3) is 2.96. The third-order valence-corrected chi connectivity index (χ3v) is 5.01. The van der Waals surface area contributed by atoms with Gasteiger partial charge in [0.05, 0.1) is 6.61 Å². The molecule has 0 amide bonds. The molecular formula is C17H24ClNO. The van der Waals surface area contributed by atoms with Crippen LogP contribution in [0.15, 0.2) is 12.1 Å². The SMILES string of the molecule is CNC(CC1CCCCC1)c1cc(Cl)cc2c1OCC2. The standard InChI is InChI=1S/C17H24ClNO/c1-19-16(9-12-5-3-2-4-6-12)15-11-14(18)10-13-7-8-20-17(13)15/h10-12,16,19H,2-9H2,1H3. The van der Waals surface area contributed by atoms with Crippen molar-refractivity contribution in [3.8, 4) is 5.75 Å². The highest BCUT2D eigenvalue weighted by Gasteiger charge is 2.25. The molecule has 0 radical (unpaired) electrons. The van der Waals surface area contributed by atoms with Crippen LogP contribution in [-0.4, -0.2) is 13.7 Å². The van der Waals surface area contributed by atoms with Gasteiger partial charge in [-0.3, -0.25) is 0 Å². The normalized spacial score (nSPS) is 20.5. The van der Waals surface area contributed by atoms with E-state index in [0.29, 0.717) is 6.04 Å². The van der Waals surface area contributed by atoms with Crippen molar-refractivity contribution >= 4 is 11.6 Å². The van der Waals surface area contributed by atoms with Gasteiger partial charge in [-0.15, -0.1) is 0 Å². The van der Waals surface area contributed by atoms with Crippen LogP contribution in [0.1, 0.15) is 55.7 Å². The van der Waals surface area contributed by atoms with Gasteiger partial charge in [-0.1, -0.05) is 43.7 Å². The fourth-order valence-corrected chi connectivity index (χ4v) is 3.96. The van der Waals surface area contributed by atoms with Crippen molar-refractivity contribution in [2.45, 2.75) is 51.0 Å². The number of nitrogens with one attached hydrogen (secondary N) is 1. The van der Waals surface area contributed by atoms with E-state index in [0.717, 1.165) is 29.7 Å². The van der Waals surface area contributed by atoms with Crippen LogP contribution in [0.4, 0.5) is 0 Å². The van der Waals surface area contributed by atoms with Crippen LogP contribution < -0.4 is 10.1 Å². The van der Waals surface area contributed by atoms with Crippen molar-refractivity contribution in [1.29, 1.82) is 0 Å². The molecule has 1 N–H and O–H groups in total. The summed E-state index contributed by atoms with van der Waals surface area (Å²) in [6.07, 6.45) is 9.14. The minimum Gasteiger partial charge on any atom is -0.493 e. The number of halogens is 1. The second-order valence-corrected chi connectivity index (χ2v) is 6.60. The van der Waals surface area contributed by atoms with Gasteiger partial charge in [0.1, 0.15) is 5.75 Å². The third-order valence-electron chi connectivity index (χ3n) is 4.79. The van der Waals surface area contributed by atoms with E-state index in [1.54, 1.807) is 0 Å². The molecule has 3 rings (SSSR count). The summed E-state index contributed by atoms with van der Waals surface area (Å²) in [5.41, 5.74) is 2.54. The van der Waals surface area contributed by atoms with E-state index in [2.05, 4.69) is 24.5 Å². The summed E-state index contributed by atoms with van der Waals surface area (Å²) < 4.78 is 5.86. The average molecular weight is 294 g/mol. The smallest absolute Gasteiger partial charge is 0.127 e. The van der Waals surface area contributed by atoms with E-state index >= 15 is 0 Å². The maximum absolute atomic E-state index is 6.29. The van der Waals surface area contributed by atoms with Gasteiger partial charge in [0.15, 0.2) is 0 Å². The van der Waals surface area contributed by atoms with E-state index in [1.807, 2.05) is 0 Å². The summed E-state index contributed by atoms with van der Waals surface area (Å²) in [5.74, 6) is 1.93. The maximum atomic E-state index is 6.29. The van der Waals surface area contributed by atoms with Gasteiger partial charge in [0.25, 0.3) is 0 Å². The first-order valence-electron chi connectivity index (χ1n) is 7.90. The first-order valence-corrected chi connectivity index (χ1v) is 8.28. The Kier molecular flexibility index (Phi) is 4.52. The predicted molar refractivity (Wildman–Crippen MR) is 83.6 cm³/mol. The molecule has 1 atom stereocenters. The van der Waals surface area contributed by atoms with Crippen LogP contribution in [0.2, 0.25) is 5.02 Å². The molecule has 1 fully saturated rings. The van der Waals surface area contributed by atoms with Crippen molar-refractivity contribution < 1.29 is 4.74 Å². The lowest BCUT2D eigenvalue weighted by Crippen LogP contribution is -2.21.